The van der Waals surface area contributed by atoms with Crippen LogP contribution in [-0.4, -0.2) is 37.7 Å². The van der Waals surface area contributed by atoms with Gasteiger partial charge in [0.2, 0.25) is 0 Å². The number of thiazole rings is 1. The lowest BCUT2D eigenvalue weighted by molar-refractivity contribution is 0.414. The van der Waals surface area contributed by atoms with Gasteiger partial charge in [-0.05, 0) is 38.5 Å². The molecule has 0 saturated heterocycles. The van der Waals surface area contributed by atoms with Crippen LogP contribution in [0.5, 0.6) is 5.75 Å². The molecule has 5 nitrogen and oxygen atoms in total. The minimum Gasteiger partial charge on any atom is -0.497 e. The van der Waals surface area contributed by atoms with Crippen LogP contribution in [0.1, 0.15) is 41.9 Å². The number of aliphatic imine (C=N–C) groups is 1. The maximum absolute atomic E-state index is 5.25. The number of hydrogen-bond acceptors (Lipinski definition) is 4. The molecule has 0 spiro atoms. The van der Waals surface area contributed by atoms with Crippen molar-refractivity contribution in [2.45, 2.75) is 46.5 Å². The van der Waals surface area contributed by atoms with Crippen LogP contribution in [0.4, 0.5) is 0 Å². The first-order valence-electron chi connectivity index (χ1n) is 9.45. The van der Waals surface area contributed by atoms with Crippen LogP contribution < -0.4 is 15.4 Å². The third-order valence-corrected chi connectivity index (χ3v) is 5.68. The van der Waals surface area contributed by atoms with Gasteiger partial charge in [-0.15, -0.1) is 11.3 Å². The van der Waals surface area contributed by atoms with Gasteiger partial charge in [0.25, 0.3) is 0 Å². The molecule has 0 bridgehead atoms. The minimum atomic E-state index is -0.0574. The molecule has 0 aliphatic heterocycles. The summed E-state index contributed by atoms with van der Waals surface area (Å²) in [6, 6.07) is 8.23. The lowest BCUT2D eigenvalue weighted by Crippen LogP contribution is -2.39. The van der Waals surface area contributed by atoms with E-state index in [1.165, 1.54) is 15.4 Å². The highest BCUT2D eigenvalue weighted by atomic mass is 32.1. The zero-order valence-electron chi connectivity index (χ0n) is 17.3. The molecule has 0 fully saturated rings. The number of guanidine groups is 1. The summed E-state index contributed by atoms with van der Waals surface area (Å²) in [5, 5.41) is 7.93. The maximum Gasteiger partial charge on any atom is 0.191 e. The summed E-state index contributed by atoms with van der Waals surface area (Å²) in [6.07, 6.45) is 0.908. The van der Waals surface area contributed by atoms with Gasteiger partial charge in [0.15, 0.2) is 5.96 Å². The van der Waals surface area contributed by atoms with E-state index in [2.05, 4.69) is 62.4 Å². The molecule has 1 aromatic carbocycles. The molecule has 1 heterocycles. The number of methoxy groups -OCH3 is 1. The van der Waals surface area contributed by atoms with Crippen LogP contribution in [0.2, 0.25) is 0 Å². The molecule has 0 atom stereocenters. The molecule has 0 aliphatic carbocycles. The van der Waals surface area contributed by atoms with E-state index in [4.69, 9.17) is 9.73 Å². The topological polar surface area (TPSA) is 58.5 Å². The fourth-order valence-corrected chi connectivity index (χ4v) is 3.62. The van der Waals surface area contributed by atoms with Crippen molar-refractivity contribution in [3.05, 3.63) is 45.4 Å². The third kappa shape index (κ3) is 6.24. The Morgan fingerprint density at radius 1 is 1.19 bits per heavy atom. The lowest BCUT2D eigenvalue weighted by atomic mass is 9.85. The number of nitrogens with one attached hydrogen (secondary N) is 2. The molecule has 148 valence electrons. The van der Waals surface area contributed by atoms with Gasteiger partial charge in [0, 0.05) is 29.8 Å². The molecular weight excluding hydrogens is 356 g/mol. The second-order valence-corrected chi connectivity index (χ2v) is 8.52. The summed E-state index contributed by atoms with van der Waals surface area (Å²) in [4.78, 5) is 10.7. The Labute approximate surface area is 167 Å². The highest BCUT2D eigenvalue weighted by molar-refractivity contribution is 7.11. The number of ether oxygens (including phenoxy) is 1. The Kier molecular flexibility index (Phi) is 7.66. The summed E-state index contributed by atoms with van der Waals surface area (Å²) >= 11 is 1.78. The molecule has 0 unspecified atom stereocenters. The standard InChI is InChI=1S/C21H32N4OS/c1-7-22-20(23-13-12-19-25-15(2)16(3)27-19)24-14-21(4,5)17-8-10-18(26-6)11-9-17/h8-11H,7,12-14H2,1-6H3,(H2,22,23,24). The number of aromatic nitrogens is 1. The van der Waals surface area contributed by atoms with E-state index >= 15 is 0 Å². The first kappa shape index (κ1) is 21.2. The van der Waals surface area contributed by atoms with Gasteiger partial charge in [-0.2, -0.15) is 0 Å². The Morgan fingerprint density at radius 3 is 2.44 bits per heavy atom. The molecule has 0 radical (unpaired) electrons. The zero-order valence-corrected chi connectivity index (χ0v) is 18.2. The highest BCUT2D eigenvalue weighted by Crippen LogP contribution is 2.25. The molecule has 1 aromatic heterocycles. The summed E-state index contributed by atoms with van der Waals surface area (Å²) in [5.74, 6) is 1.73. The first-order valence-corrected chi connectivity index (χ1v) is 10.3. The van der Waals surface area contributed by atoms with Crippen LogP contribution in [0.25, 0.3) is 0 Å². The lowest BCUT2D eigenvalue weighted by Gasteiger charge is -2.24. The monoisotopic (exact) mass is 388 g/mol. The summed E-state index contributed by atoms with van der Waals surface area (Å²) < 4.78 is 5.25. The van der Waals surface area contributed by atoms with Gasteiger partial charge >= 0.3 is 0 Å². The van der Waals surface area contributed by atoms with Crippen LogP contribution in [0.15, 0.2) is 29.3 Å². The third-order valence-electron chi connectivity index (χ3n) is 4.55. The maximum atomic E-state index is 5.25. The molecule has 6 heteroatoms. The summed E-state index contributed by atoms with van der Waals surface area (Å²) in [6.45, 7) is 13.0. The quantitative estimate of drug-likeness (QED) is 0.533. The van der Waals surface area contributed by atoms with Crippen molar-refractivity contribution in [3.63, 3.8) is 0 Å². The number of rotatable bonds is 8. The Morgan fingerprint density at radius 2 is 1.89 bits per heavy atom. The second kappa shape index (κ2) is 9.74. The van der Waals surface area contributed by atoms with E-state index in [1.54, 1.807) is 18.4 Å². The summed E-state index contributed by atoms with van der Waals surface area (Å²) in [7, 11) is 1.69. The van der Waals surface area contributed by atoms with Gasteiger partial charge in [0.05, 0.1) is 24.4 Å². The van der Waals surface area contributed by atoms with Crippen molar-refractivity contribution in [1.29, 1.82) is 0 Å². The van der Waals surface area contributed by atoms with Gasteiger partial charge in [-0.3, -0.25) is 4.99 Å². The Balaban J connectivity index is 1.95. The van der Waals surface area contributed by atoms with Crippen LogP contribution in [0.3, 0.4) is 0 Å². The average Bonchev–Trinajstić information content (AvgIpc) is 2.97. The number of benzene rings is 1. The molecule has 2 aromatic rings. The van der Waals surface area contributed by atoms with Crippen LogP contribution >= 0.6 is 11.3 Å². The van der Waals surface area contributed by atoms with Gasteiger partial charge < -0.3 is 15.4 Å². The van der Waals surface area contributed by atoms with Crippen LogP contribution in [-0.2, 0) is 11.8 Å². The minimum absolute atomic E-state index is 0.0574. The molecule has 0 saturated carbocycles. The zero-order chi connectivity index (χ0) is 19.9. The van der Waals surface area contributed by atoms with Crippen molar-refractivity contribution in [2.75, 3.05) is 26.7 Å². The molecule has 2 rings (SSSR count). The Bertz CT molecular complexity index is 731. The fraction of sp³-hybridized carbons (Fsp3) is 0.524. The van der Waals surface area contributed by atoms with Gasteiger partial charge in [-0.25, -0.2) is 4.98 Å². The predicted molar refractivity (Wildman–Crippen MR) is 115 cm³/mol. The van der Waals surface area contributed by atoms with Gasteiger partial charge in [-0.1, -0.05) is 26.0 Å². The normalized spacial score (nSPS) is 12.1. The smallest absolute Gasteiger partial charge is 0.191 e. The first-order chi connectivity index (χ1) is 12.9. The van der Waals surface area contributed by atoms with E-state index < -0.39 is 0 Å². The molecule has 2 N–H and O–H groups in total. The van der Waals surface area contributed by atoms with Crippen molar-refractivity contribution >= 4 is 17.3 Å². The van der Waals surface area contributed by atoms with E-state index in [0.717, 1.165) is 36.9 Å². The predicted octanol–water partition coefficient (Wildman–Crippen LogP) is 3.84. The number of nitrogens with zero attached hydrogens (tertiary/aromatic N) is 2. The second-order valence-electron chi connectivity index (χ2n) is 7.23. The molecule has 0 amide bonds. The number of aryl methyl sites for hydroxylation is 2. The van der Waals surface area contributed by atoms with Crippen molar-refractivity contribution in [2.24, 2.45) is 4.99 Å². The SMILES string of the molecule is CCNC(=NCC(C)(C)c1ccc(OC)cc1)NCCc1nc(C)c(C)s1. The van der Waals surface area contributed by atoms with E-state index in [-0.39, 0.29) is 5.41 Å². The van der Waals surface area contributed by atoms with Gasteiger partial charge in [0.1, 0.15) is 5.75 Å². The highest BCUT2D eigenvalue weighted by Gasteiger charge is 2.20. The molecule has 27 heavy (non-hydrogen) atoms. The van der Waals surface area contributed by atoms with Crippen molar-refractivity contribution in [3.8, 4) is 5.75 Å². The Hall–Kier alpha value is -2.08. The average molecular weight is 389 g/mol. The van der Waals surface area contributed by atoms with Crippen molar-refractivity contribution in [1.82, 2.24) is 15.6 Å². The van der Waals surface area contributed by atoms with Crippen LogP contribution in [0, 0.1) is 13.8 Å². The summed E-state index contributed by atoms with van der Waals surface area (Å²) in [5.41, 5.74) is 2.33. The fourth-order valence-electron chi connectivity index (χ4n) is 2.69. The van der Waals surface area contributed by atoms with E-state index in [9.17, 15) is 0 Å². The largest absolute Gasteiger partial charge is 0.497 e. The number of hydrogen-bond donors (Lipinski definition) is 2. The van der Waals surface area contributed by atoms with E-state index in [0.29, 0.717) is 6.54 Å². The molecule has 0 aliphatic rings. The van der Waals surface area contributed by atoms with E-state index in [1.807, 2.05) is 12.1 Å². The molecular formula is C21H32N4OS. The van der Waals surface area contributed by atoms with Crippen molar-refractivity contribution < 1.29 is 4.74 Å².